The van der Waals surface area contributed by atoms with Crippen LogP contribution in [0.15, 0.2) is 16.9 Å². The van der Waals surface area contributed by atoms with E-state index in [0.29, 0.717) is 17.8 Å². The molecular weight excluding hydrogens is 256 g/mol. The Labute approximate surface area is 116 Å². The lowest BCUT2D eigenvalue weighted by Crippen LogP contribution is -2.25. The molecule has 0 radical (unpaired) electrons. The monoisotopic (exact) mass is 274 g/mol. The molecule has 0 aliphatic rings. The molecule has 0 fully saturated rings. The number of pyridine rings is 1. The van der Waals surface area contributed by atoms with Gasteiger partial charge in [-0.05, 0) is 26.8 Å². The van der Waals surface area contributed by atoms with Crippen LogP contribution in [0.4, 0.5) is 0 Å². The highest BCUT2D eigenvalue weighted by atomic mass is 16.2. The maximum Gasteiger partial charge on any atom is 0.251 e. The van der Waals surface area contributed by atoms with E-state index in [2.05, 4.69) is 15.4 Å². The van der Waals surface area contributed by atoms with E-state index in [1.54, 1.807) is 17.7 Å². The van der Waals surface area contributed by atoms with Gasteiger partial charge in [0.25, 0.3) is 5.91 Å². The number of hydrogen-bond acceptors (Lipinski definition) is 3. The Morgan fingerprint density at radius 3 is 2.60 bits per heavy atom. The van der Waals surface area contributed by atoms with E-state index in [1.165, 1.54) is 6.07 Å². The largest absolute Gasteiger partial charge is 0.348 e. The maximum absolute atomic E-state index is 12.1. The number of amides is 1. The molecule has 2 aromatic heterocycles. The topological polar surface area (TPSA) is 79.8 Å². The SMILES string of the molecule is Cc1cc(C(=O)NCc2c(C)nn(C)c2C)cc(=O)[nH]1. The van der Waals surface area contributed by atoms with Crippen molar-refractivity contribution in [3.05, 3.63) is 50.7 Å². The second-order valence-electron chi connectivity index (χ2n) is 4.87. The zero-order chi connectivity index (χ0) is 14.9. The van der Waals surface area contributed by atoms with E-state index in [4.69, 9.17) is 0 Å². The molecule has 2 rings (SSSR count). The maximum atomic E-state index is 12.1. The van der Waals surface area contributed by atoms with Gasteiger partial charge in [-0.15, -0.1) is 0 Å². The van der Waals surface area contributed by atoms with Crippen molar-refractivity contribution in [3.63, 3.8) is 0 Å². The molecule has 2 N–H and O–H groups in total. The number of carbonyl (C=O) groups excluding carboxylic acids is 1. The van der Waals surface area contributed by atoms with Crippen molar-refractivity contribution in [3.8, 4) is 0 Å². The van der Waals surface area contributed by atoms with Crippen LogP contribution in [-0.4, -0.2) is 20.7 Å². The first-order chi connectivity index (χ1) is 9.38. The van der Waals surface area contributed by atoms with Crippen molar-refractivity contribution in [1.29, 1.82) is 0 Å². The molecule has 6 heteroatoms. The van der Waals surface area contributed by atoms with Crippen molar-refractivity contribution in [2.24, 2.45) is 7.05 Å². The molecule has 0 aliphatic carbocycles. The summed E-state index contributed by atoms with van der Waals surface area (Å²) in [7, 11) is 1.87. The molecule has 0 spiro atoms. The number of nitrogens with zero attached hydrogens (tertiary/aromatic N) is 2. The Balaban J connectivity index is 2.14. The van der Waals surface area contributed by atoms with Crippen LogP contribution in [0.1, 0.15) is 33.0 Å². The Hall–Kier alpha value is -2.37. The molecule has 2 heterocycles. The second-order valence-corrected chi connectivity index (χ2v) is 4.87. The fraction of sp³-hybridized carbons (Fsp3) is 0.357. The summed E-state index contributed by atoms with van der Waals surface area (Å²) in [6, 6.07) is 2.95. The summed E-state index contributed by atoms with van der Waals surface area (Å²) in [5, 5.41) is 7.12. The number of H-pyrrole nitrogens is 1. The molecular formula is C14H18N4O2. The minimum Gasteiger partial charge on any atom is -0.348 e. The molecule has 0 saturated carbocycles. The highest BCUT2D eigenvalue weighted by Gasteiger charge is 2.12. The van der Waals surface area contributed by atoms with Gasteiger partial charge in [-0.1, -0.05) is 0 Å². The van der Waals surface area contributed by atoms with Crippen LogP contribution in [0.25, 0.3) is 0 Å². The van der Waals surface area contributed by atoms with Gasteiger partial charge in [0, 0.05) is 42.2 Å². The summed E-state index contributed by atoms with van der Waals surface area (Å²) in [5.74, 6) is -0.262. The third-order valence-electron chi connectivity index (χ3n) is 3.33. The Morgan fingerprint density at radius 2 is 2.05 bits per heavy atom. The predicted molar refractivity (Wildman–Crippen MR) is 75.7 cm³/mol. The fourth-order valence-corrected chi connectivity index (χ4v) is 2.16. The van der Waals surface area contributed by atoms with E-state index in [-0.39, 0.29) is 11.5 Å². The van der Waals surface area contributed by atoms with Crippen molar-refractivity contribution >= 4 is 5.91 Å². The van der Waals surface area contributed by atoms with Crippen LogP contribution in [-0.2, 0) is 13.6 Å². The van der Waals surface area contributed by atoms with Crippen molar-refractivity contribution in [2.75, 3.05) is 0 Å². The van der Waals surface area contributed by atoms with Crippen LogP contribution in [0.3, 0.4) is 0 Å². The molecule has 2 aromatic rings. The number of carbonyl (C=O) groups is 1. The average molecular weight is 274 g/mol. The third-order valence-corrected chi connectivity index (χ3v) is 3.33. The predicted octanol–water partition coefficient (Wildman–Crippen LogP) is 0.964. The van der Waals surface area contributed by atoms with Gasteiger partial charge >= 0.3 is 0 Å². The summed E-state index contributed by atoms with van der Waals surface area (Å²) in [6.45, 7) is 6.01. The number of aromatic amines is 1. The van der Waals surface area contributed by atoms with Crippen LogP contribution in [0.5, 0.6) is 0 Å². The van der Waals surface area contributed by atoms with Crippen molar-refractivity contribution < 1.29 is 4.79 Å². The van der Waals surface area contributed by atoms with Crippen LogP contribution in [0, 0.1) is 20.8 Å². The number of nitrogens with one attached hydrogen (secondary N) is 2. The minimum absolute atomic E-state index is 0.262. The normalized spacial score (nSPS) is 10.6. The first kappa shape index (κ1) is 14.0. The Bertz CT molecular complexity index is 712. The zero-order valence-electron chi connectivity index (χ0n) is 12.1. The molecule has 0 unspecified atom stereocenters. The number of hydrogen-bond donors (Lipinski definition) is 2. The number of rotatable bonds is 3. The number of aryl methyl sites for hydroxylation is 3. The lowest BCUT2D eigenvalue weighted by molar-refractivity contribution is 0.0950. The average Bonchev–Trinajstić information content (AvgIpc) is 2.60. The third kappa shape index (κ3) is 2.79. The highest BCUT2D eigenvalue weighted by molar-refractivity contribution is 5.94. The second kappa shape index (κ2) is 5.32. The Kier molecular flexibility index (Phi) is 3.74. The fourth-order valence-electron chi connectivity index (χ4n) is 2.16. The summed E-state index contributed by atoms with van der Waals surface area (Å²) < 4.78 is 1.79. The van der Waals surface area contributed by atoms with Crippen molar-refractivity contribution in [1.82, 2.24) is 20.1 Å². The molecule has 0 atom stereocenters. The van der Waals surface area contributed by atoms with Gasteiger partial charge in [0.15, 0.2) is 0 Å². The van der Waals surface area contributed by atoms with Gasteiger partial charge in [-0.25, -0.2) is 0 Å². The lowest BCUT2D eigenvalue weighted by atomic mass is 10.2. The van der Waals surface area contributed by atoms with Gasteiger partial charge in [0.2, 0.25) is 5.56 Å². The molecule has 0 bridgehead atoms. The summed E-state index contributed by atoms with van der Waals surface area (Å²) in [5.41, 5.74) is 3.67. The van der Waals surface area contributed by atoms with Crippen molar-refractivity contribution in [2.45, 2.75) is 27.3 Å². The zero-order valence-corrected chi connectivity index (χ0v) is 12.1. The molecule has 6 nitrogen and oxygen atoms in total. The summed E-state index contributed by atoms with van der Waals surface area (Å²) >= 11 is 0. The number of aromatic nitrogens is 3. The molecule has 106 valence electrons. The molecule has 0 aliphatic heterocycles. The molecule has 1 amide bonds. The lowest BCUT2D eigenvalue weighted by Gasteiger charge is -2.06. The highest BCUT2D eigenvalue weighted by Crippen LogP contribution is 2.11. The van der Waals surface area contributed by atoms with Gasteiger partial charge in [0.1, 0.15) is 0 Å². The van der Waals surface area contributed by atoms with Crippen LogP contribution >= 0.6 is 0 Å². The smallest absolute Gasteiger partial charge is 0.251 e. The van der Waals surface area contributed by atoms with E-state index in [0.717, 1.165) is 17.0 Å². The van der Waals surface area contributed by atoms with E-state index < -0.39 is 0 Å². The molecule has 20 heavy (non-hydrogen) atoms. The molecule has 0 saturated heterocycles. The summed E-state index contributed by atoms with van der Waals surface area (Å²) in [4.78, 5) is 26.0. The van der Waals surface area contributed by atoms with Crippen LogP contribution < -0.4 is 10.9 Å². The van der Waals surface area contributed by atoms with Crippen LogP contribution in [0.2, 0.25) is 0 Å². The quantitative estimate of drug-likeness (QED) is 0.875. The molecule has 0 aromatic carbocycles. The van der Waals surface area contributed by atoms with Gasteiger partial charge in [-0.3, -0.25) is 14.3 Å². The van der Waals surface area contributed by atoms with E-state index >= 15 is 0 Å². The van der Waals surface area contributed by atoms with Gasteiger partial charge < -0.3 is 10.3 Å². The Morgan fingerprint density at radius 1 is 1.35 bits per heavy atom. The van der Waals surface area contributed by atoms with Gasteiger partial charge in [0.05, 0.1) is 5.69 Å². The van der Waals surface area contributed by atoms with Gasteiger partial charge in [-0.2, -0.15) is 5.10 Å². The first-order valence-corrected chi connectivity index (χ1v) is 6.36. The summed E-state index contributed by atoms with van der Waals surface area (Å²) in [6.07, 6.45) is 0. The van der Waals surface area contributed by atoms with E-state index in [1.807, 2.05) is 20.9 Å². The minimum atomic E-state index is -0.274. The first-order valence-electron chi connectivity index (χ1n) is 6.36. The van der Waals surface area contributed by atoms with E-state index in [9.17, 15) is 9.59 Å². The standard InChI is InChI=1S/C14H18N4O2/c1-8-5-11(6-13(19)16-8)14(20)15-7-12-9(2)17-18(4)10(12)3/h5-6H,7H2,1-4H3,(H,15,20)(H,16,19).